The lowest BCUT2D eigenvalue weighted by molar-refractivity contribution is -0.384. The maximum absolute atomic E-state index is 11.5. The van der Waals surface area contributed by atoms with E-state index in [0.717, 1.165) is 10.6 Å². The zero-order valence-electron chi connectivity index (χ0n) is 8.99. The van der Waals surface area contributed by atoms with E-state index in [9.17, 15) is 18.5 Å². The largest absolute Gasteiger partial charge is 0.489 e. The number of nitro benzene ring substituents is 1. The molecule has 0 atom stereocenters. The highest BCUT2D eigenvalue weighted by atomic mass is 32.2. The highest BCUT2D eigenvalue weighted by molar-refractivity contribution is 7.92. The van der Waals surface area contributed by atoms with E-state index in [0.29, 0.717) is 5.75 Å². The normalized spacial score (nSPS) is 15.0. The van der Waals surface area contributed by atoms with Gasteiger partial charge in [-0.25, -0.2) is 8.42 Å². The topological polar surface area (TPSA) is 89.8 Å². The summed E-state index contributed by atoms with van der Waals surface area (Å²) in [6, 6.07) is 3.89. The quantitative estimate of drug-likeness (QED) is 0.577. The summed E-state index contributed by atoms with van der Waals surface area (Å²) in [5, 5.41) is 10.6. The Morgan fingerprint density at radius 2 is 2.18 bits per heavy atom. The van der Waals surface area contributed by atoms with Crippen LogP contribution in [0.4, 0.5) is 11.4 Å². The number of benzene rings is 1. The fourth-order valence-corrected chi connectivity index (χ4v) is 2.55. The van der Waals surface area contributed by atoms with Gasteiger partial charge in [0.05, 0.1) is 17.7 Å². The number of non-ortho nitro benzene ring substituents is 1. The number of anilines is 1. The molecule has 2 rings (SSSR count). The minimum Gasteiger partial charge on any atom is -0.489 e. The molecule has 1 aromatic rings. The van der Waals surface area contributed by atoms with Crippen LogP contribution >= 0.6 is 0 Å². The van der Waals surface area contributed by atoms with Crippen LogP contribution in [0.5, 0.6) is 5.75 Å². The molecule has 0 saturated carbocycles. The van der Waals surface area contributed by atoms with Gasteiger partial charge >= 0.3 is 0 Å². The van der Waals surface area contributed by atoms with Crippen LogP contribution in [0.2, 0.25) is 0 Å². The van der Waals surface area contributed by atoms with Crippen LogP contribution in [0.3, 0.4) is 0 Å². The molecule has 0 amide bonds. The molecule has 0 aromatic heterocycles. The molecule has 1 aliphatic rings. The minimum absolute atomic E-state index is 0.160. The first-order valence-electron chi connectivity index (χ1n) is 4.78. The first-order valence-corrected chi connectivity index (χ1v) is 6.63. The number of rotatable bonds is 2. The fourth-order valence-electron chi connectivity index (χ4n) is 1.64. The Balaban J connectivity index is 2.56. The van der Waals surface area contributed by atoms with Gasteiger partial charge in [-0.1, -0.05) is 0 Å². The first kappa shape index (κ1) is 11.6. The minimum atomic E-state index is -3.45. The molecule has 7 nitrogen and oxygen atoms in total. The molecule has 1 aromatic carbocycles. The number of nitro groups is 1. The summed E-state index contributed by atoms with van der Waals surface area (Å²) in [5.74, 6) is 0.340. The summed E-state index contributed by atoms with van der Waals surface area (Å²) in [5.41, 5.74) is 0.0517. The zero-order chi connectivity index (χ0) is 12.6. The van der Waals surface area contributed by atoms with Gasteiger partial charge in [-0.3, -0.25) is 14.4 Å². The van der Waals surface area contributed by atoms with Crippen molar-refractivity contribution in [2.75, 3.05) is 23.7 Å². The molecule has 0 unspecified atom stereocenters. The van der Waals surface area contributed by atoms with Gasteiger partial charge in [0.15, 0.2) is 0 Å². The summed E-state index contributed by atoms with van der Waals surface area (Å²) in [4.78, 5) is 10.1. The third kappa shape index (κ3) is 2.16. The SMILES string of the molecule is CS(=O)(=O)N1CCOc2ccc([N+](=O)[O-])cc21. The highest BCUT2D eigenvalue weighted by Gasteiger charge is 2.27. The molecule has 1 heterocycles. The van der Waals surface area contributed by atoms with Crippen molar-refractivity contribution in [3.8, 4) is 5.75 Å². The van der Waals surface area contributed by atoms with E-state index in [-0.39, 0.29) is 24.5 Å². The zero-order valence-corrected chi connectivity index (χ0v) is 9.81. The van der Waals surface area contributed by atoms with Gasteiger partial charge < -0.3 is 4.74 Å². The number of sulfonamides is 1. The van der Waals surface area contributed by atoms with Crippen molar-refractivity contribution in [3.63, 3.8) is 0 Å². The second-order valence-corrected chi connectivity index (χ2v) is 5.50. The van der Waals surface area contributed by atoms with Gasteiger partial charge in [0, 0.05) is 12.1 Å². The van der Waals surface area contributed by atoms with Crippen LogP contribution < -0.4 is 9.04 Å². The Hall–Kier alpha value is -1.83. The number of fused-ring (bicyclic) bond motifs is 1. The molecular formula is C9H10N2O5S. The van der Waals surface area contributed by atoms with Crippen molar-refractivity contribution in [1.29, 1.82) is 0 Å². The summed E-state index contributed by atoms with van der Waals surface area (Å²) < 4.78 is 29.4. The monoisotopic (exact) mass is 258 g/mol. The van der Waals surface area contributed by atoms with Crippen LogP contribution in [0, 0.1) is 10.1 Å². The van der Waals surface area contributed by atoms with Crippen molar-refractivity contribution in [2.45, 2.75) is 0 Å². The number of ether oxygens (including phenoxy) is 1. The van der Waals surface area contributed by atoms with E-state index in [2.05, 4.69) is 0 Å². The van der Waals surface area contributed by atoms with Gasteiger partial charge in [0.1, 0.15) is 18.0 Å². The third-order valence-corrected chi connectivity index (χ3v) is 3.55. The van der Waals surface area contributed by atoms with Crippen LogP contribution in [0.25, 0.3) is 0 Å². The van der Waals surface area contributed by atoms with Gasteiger partial charge in [-0.2, -0.15) is 0 Å². The Kier molecular flexibility index (Phi) is 2.66. The van der Waals surface area contributed by atoms with Crippen molar-refractivity contribution < 1.29 is 18.1 Å². The molecule has 0 spiro atoms. The van der Waals surface area contributed by atoms with E-state index in [1.165, 1.54) is 18.2 Å². The van der Waals surface area contributed by atoms with Crippen molar-refractivity contribution in [2.24, 2.45) is 0 Å². The molecule has 0 saturated heterocycles. The van der Waals surface area contributed by atoms with Crippen LogP contribution in [-0.4, -0.2) is 32.7 Å². The van der Waals surface area contributed by atoms with Gasteiger partial charge in [0.2, 0.25) is 10.0 Å². The van der Waals surface area contributed by atoms with E-state index < -0.39 is 14.9 Å². The molecular weight excluding hydrogens is 248 g/mol. The number of hydrogen-bond acceptors (Lipinski definition) is 5. The predicted octanol–water partition coefficient (Wildman–Crippen LogP) is 0.753. The smallest absolute Gasteiger partial charge is 0.271 e. The standard InChI is InChI=1S/C9H10N2O5S/c1-17(14,15)10-4-5-16-9-3-2-7(11(12)13)6-8(9)10/h2-3,6H,4-5H2,1H3. The second-order valence-electron chi connectivity index (χ2n) is 3.59. The molecule has 0 aliphatic carbocycles. The van der Waals surface area contributed by atoms with E-state index in [1.54, 1.807) is 0 Å². The molecule has 0 fully saturated rings. The lowest BCUT2D eigenvalue weighted by Gasteiger charge is -2.28. The molecule has 1 aliphatic heterocycles. The van der Waals surface area contributed by atoms with Crippen LogP contribution in [0.15, 0.2) is 18.2 Å². The average molecular weight is 258 g/mol. The van der Waals surface area contributed by atoms with E-state index >= 15 is 0 Å². The van der Waals surface area contributed by atoms with Crippen LogP contribution in [-0.2, 0) is 10.0 Å². The molecule has 8 heteroatoms. The van der Waals surface area contributed by atoms with Gasteiger partial charge in [-0.05, 0) is 6.07 Å². The van der Waals surface area contributed by atoms with E-state index in [4.69, 9.17) is 4.74 Å². The first-order chi connectivity index (χ1) is 7.89. The number of nitrogens with zero attached hydrogens (tertiary/aromatic N) is 2. The summed E-state index contributed by atoms with van der Waals surface area (Å²) in [7, 11) is -3.45. The Labute approximate surface area is 97.8 Å². The Morgan fingerprint density at radius 3 is 2.76 bits per heavy atom. The molecule has 0 bridgehead atoms. The lowest BCUT2D eigenvalue weighted by atomic mass is 10.2. The van der Waals surface area contributed by atoms with E-state index in [1.807, 2.05) is 0 Å². The summed E-state index contributed by atoms with van der Waals surface area (Å²) >= 11 is 0. The summed E-state index contributed by atoms with van der Waals surface area (Å²) in [6.45, 7) is 0.394. The molecule has 17 heavy (non-hydrogen) atoms. The fraction of sp³-hybridized carbons (Fsp3) is 0.333. The lowest BCUT2D eigenvalue weighted by Crippen LogP contribution is -2.37. The van der Waals surface area contributed by atoms with Crippen LogP contribution in [0.1, 0.15) is 0 Å². The Bertz CT molecular complexity index is 569. The Morgan fingerprint density at radius 1 is 1.47 bits per heavy atom. The predicted molar refractivity (Wildman–Crippen MR) is 60.8 cm³/mol. The third-order valence-electron chi connectivity index (χ3n) is 2.37. The molecule has 92 valence electrons. The summed E-state index contributed by atoms with van der Waals surface area (Å²) in [6.07, 6.45) is 1.06. The van der Waals surface area contributed by atoms with Gasteiger partial charge in [0.25, 0.3) is 5.69 Å². The highest BCUT2D eigenvalue weighted by Crippen LogP contribution is 2.35. The second kappa shape index (κ2) is 3.88. The van der Waals surface area contributed by atoms with Gasteiger partial charge in [-0.15, -0.1) is 0 Å². The van der Waals surface area contributed by atoms with Crippen molar-refractivity contribution >= 4 is 21.4 Å². The number of hydrogen-bond donors (Lipinski definition) is 0. The van der Waals surface area contributed by atoms with Crippen molar-refractivity contribution in [3.05, 3.63) is 28.3 Å². The molecule has 0 radical (unpaired) electrons. The average Bonchev–Trinajstić information content (AvgIpc) is 2.26. The molecule has 0 N–H and O–H groups in total. The maximum atomic E-state index is 11.5. The maximum Gasteiger partial charge on any atom is 0.271 e. The van der Waals surface area contributed by atoms with Crippen molar-refractivity contribution in [1.82, 2.24) is 0 Å².